The molecule has 0 saturated carbocycles. The molecule has 1 saturated heterocycles. The highest BCUT2D eigenvalue weighted by Gasteiger charge is 2.14. The summed E-state index contributed by atoms with van der Waals surface area (Å²) >= 11 is 7.68. The Bertz CT molecular complexity index is 555. The van der Waals surface area contributed by atoms with Crippen molar-refractivity contribution in [1.82, 2.24) is 9.97 Å². The molecule has 1 aliphatic heterocycles. The van der Waals surface area contributed by atoms with Crippen molar-refractivity contribution >= 4 is 33.2 Å². The SMILES string of the molecule is Clc1nc(COCC2CCOCC2)nc2sccc12. The summed E-state index contributed by atoms with van der Waals surface area (Å²) in [5.74, 6) is 1.25. The van der Waals surface area contributed by atoms with Crippen molar-refractivity contribution in [1.29, 1.82) is 0 Å². The minimum atomic E-state index is 0.422. The van der Waals surface area contributed by atoms with Crippen LogP contribution < -0.4 is 0 Å². The Labute approximate surface area is 120 Å². The van der Waals surface area contributed by atoms with Crippen LogP contribution in [0.25, 0.3) is 10.2 Å². The molecule has 0 N–H and O–H groups in total. The Balaban J connectivity index is 1.58. The molecule has 0 amide bonds. The van der Waals surface area contributed by atoms with Crippen LogP contribution in [0.15, 0.2) is 11.4 Å². The minimum absolute atomic E-state index is 0.422. The number of thiophene rings is 1. The van der Waals surface area contributed by atoms with Gasteiger partial charge in [-0.3, -0.25) is 0 Å². The molecule has 0 radical (unpaired) electrons. The van der Waals surface area contributed by atoms with Crippen LogP contribution >= 0.6 is 22.9 Å². The normalized spacial score (nSPS) is 17.1. The van der Waals surface area contributed by atoms with E-state index in [-0.39, 0.29) is 0 Å². The van der Waals surface area contributed by atoms with Gasteiger partial charge in [0.25, 0.3) is 0 Å². The fraction of sp³-hybridized carbons (Fsp3) is 0.538. The topological polar surface area (TPSA) is 44.2 Å². The van der Waals surface area contributed by atoms with Gasteiger partial charge in [0.05, 0.1) is 6.61 Å². The van der Waals surface area contributed by atoms with Crippen LogP contribution in [0.1, 0.15) is 18.7 Å². The number of hydrogen-bond acceptors (Lipinski definition) is 5. The lowest BCUT2D eigenvalue weighted by atomic mass is 10.0. The lowest BCUT2D eigenvalue weighted by molar-refractivity contribution is 0.0143. The molecule has 2 aromatic heterocycles. The molecular formula is C13H15ClN2O2S. The molecule has 0 atom stereocenters. The molecule has 2 aromatic rings. The molecule has 1 aliphatic rings. The van der Waals surface area contributed by atoms with E-state index in [9.17, 15) is 0 Å². The van der Waals surface area contributed by atoms with Gasteiger partial charge in [0, 0.05) is 18.6 Å². The van der Waals surface area contributed by atoms with E-state index in [2.05, 4.69) is 9.97 Å². The van der Waals surface area contributed by atoms with Crippen LogP contribution in [0.5, 0.6) is 0 Å². The fourth-order valence-corrected chi connectivity index (χ4v) is 3.24. The summed E-state index contributed by atoms with van der Waals surface area (Å²) < 4.78 is 11.0. The number of nitrogens with zero attached hydrogens (tertiary/aromatic N) is 2. The Hall–Kier alpha value is -0.750. The Morgan fingerprint density at radius 1 is 1.37 bits per heavy atom. The van der Waals surface area contributed by atoms with Crippen LogP contribution in [0, 0.1) is 5.92 Å². The van der Waals surface area contributed by atoms with E-state index in [4.69, 9.17) is 21.1 Å². The zero-order chi connectivity index (χ0) is 13.1. The van der Waals surface area contributed by atoms with Crippen LogP contribution in [0.3, 0.4) is 0 Å². The molecule has 0 aliphatic carbocycles. The molecule has 3 heterocycles. The predicted octanol–water partition coefficient (Wildman–Crippen LogP) is 3.29. The van der Waals surface area contributed by atoms with Crippen molar-refractivity contribution in [3.8, 4) is 0 Å². The number of ether oxygens (including phenoxy) is 2. The standard InChI is InChI=1S/C13H15ClN2O2S/c14-12-10-3-6-19-13(10)16-11(15-12)8-18-7-9-1-4-17-5-2-9/h3,6,9H,1-2,4-5,7-8H2. The average Bonchev–Trinajstić information content (AvgIpc) is 2.89. The van der Waals surface area contributed by atoms with Gasteiger partial charge in [-0.15, -0.1) is 11.3 Å². The summed E-state index contributed by atoms with van der Waals surface area (Å²) in [5, 5.41) is 3.40. The van der Waals surface area contributed by atoms with E-state index in [0.29, 0.717) is 23.5 Å². The molecule has 0 unspecified atom stereocenters. The summed E-state index contributed by atoms with van der Waals surface area (Å²) in [6.45, 7) is 2.85. The Kier molecular flexibility index (Phi) is 4.28. The van der Waals surface area contributed by atoms with Gasteiger partial charge < -0.3 is 9.47 Å². The van der Waals surface area contributed by atoms with Crippen molar-refractivity contribution in [2.45, 2.75) is 19.4 Å². The highest BCUT2D eigenvalue weighted by molar-refractivity contribution is 7.16. The first-order valence-electron chi connectivity index (χ1n) is 6.38. The fourth-order valence-electron chi connectivity index (χ4n) is 2.16. The van der Waals surface area contributed by atoms with Gasteiger partial charge in [-0.2, -0.15) is 0 Å². The molecule has 102 valence electrons. The van der Waals surface area contributed by atoms with Crippen molar-refractivity contribution < 1.29 is 9.47 Å². The molecule has 19 heavy (non-hydrogen) atoms. The predicted molar refractivity (Wildman–Crippen MR) is 75.6 cm³/mol. The van der Waals surface area contributed by atoms with E-state index >= 15 is 0 Å². The first-order valence-corrected chi connectivity index (χ1v) is 7.64. The lowest BCUT2D eigenvalue weighted by Gasteiger charge is -2.21. The quantitative estimate of drug-likeness (QED) is 0.813. The Morgan fingerprint density at radius 2 is 2.21 bits per heavy atom. The first-order chi connectivity index (χ1) is 9.33. The van der Waals surface area contributed by atoms with E-state index in [0.717, 1.165) is 42.9 Å². The summed E-state index contributed by atoms with van der Waals surface area (Å²) in [4.78, 5) is 9.64. The maximum atomic E-state index is 6.11. The summed E-state index contributed by atoms with van der Waals surface area (Å²) in [6.07, 6.45) is 2.15. The number of fused-ring (bicyclic) bond motifs is 1. The van der Waals surface area contributed by atoms with Crippen LogP contribution in [-0.4, -0.2) is 29.8 Å². The summed E-state index contributed by atoms with van der Waals surface area (Å²) in [6, 6.07) is 1.94. The summed E-state index contributed by atoms with van der Waals surface area (Å²) in [7, 11) is 0. The second-order valence-corrected chi connectivity index (χ2v) is 5.89. The van der Waals surface area contributed by atoms with Crippen molar-refractivity contribution in [3.63, 3.8) is 0 Å². The second-order valence-electron chi connectivity index (χ2n) is 4.64. The zero-order valence-corrected chi connectivity index (χ0v) is 12.0. The highest BCUT2D eigenvalue weighted by Crippen LogP contribution is 2.25. The largest absolute Gasteiger partial charge is 0.381 e. The molecule has 4 nitrogen and oxygen atoms in total. The van der Waals surface area contributed by atoms with Gasteiger partial charge in [-0.25, -0.2) is 9.97 Å². The van der Waals surface area contributed by atoms with Gasteiger partial charge in [0.2, 0.25) is 0 Å². The highest BCUT2D eigenvalue weighted by atomic mass is 35.5. The third kappa shape index (κ3) is 3.23. The van der Waals surface area contributed by atoms with E-state index < -0.39 is 0 Å². The molecule has 0 aromatic carbocycles. The third-order valence-electron chi connectivity index (χ3n) is 3.25. The zero-order valence-electron chi connectivity index (χ0n) is 10.5. The molecule has 6 heteroatoms. The molecule has 0 spiro atoms. The average molecular weight is 299 g/mol. The van der Waals surface area contributed by atoms with Gasteiger partial charge >= 0.3 is 0 Å². The van der Waals surface area contributed by atoms with Crippen molar-refractivity contribution in [2.24, 2.45) is 5.92 Å². The molecular weight excluding hydrogens is 284 g/mol. The van der Waals surface area contributed by atoms with Crippen molar-refractivity contribution in [2.75, 3.05) is 19.8 Å². The number of hydrogen-bond donors (Lipinski definition) is 0. The van der Waals surface area contributed by atoms with E-state index in [1.807, 2.05) is 11.4 Å². The van der Waals surface area contributed by atoms with E-state index in [1.165, 1.54) is 0 Å². The molecule has 0 bridgehead atoms. The Morgan fingerprint density at radius 3 is 3.05 bits per heavy atom. The number of rotatable bonds is 4. The second kappa shape index (κ2) is 6.13. The molecule has 3 rings (SSSR count). The van der Waals surface area contributed by atoms with Gasteiger partial charge in [-0.05, 0) is 30.2 Å². The maximum absolute atomic E-state index is 6.11. The molecule has 1 fully saturated rings. The minimum Gasteiger partial charge on any atom is -0.381 e. The van der Waals surface area contributed by atoms with Gasteiger partial charge in [0.1, 0.15) is 16.6 Å². The van der Waals surface area contributed by atoms with Crippen LogP contribution in [0.4, 0.5) is 0 Å². The maximum Gasteiger partial charge on any atom is 0.157 e. The van der Waals surface area contributed by atoms with Crippen molar-refractivity contribution in [3.05, 3.63) is 22.4 Å². The monoisotopic (exact) mass is 298 g/mol. The lowest BCUT2D eigenvalue weighted by Crippen LogP contribution is -2.20. The summed E-state index contributed by atoms with van der Waals surface area (Å²) in [5.41, 5.74) is 0. The van der Waals surface area contributed by atoms with E-state index in [1.54, 1.807) is 11.3 Å². The number of halogens is 1. The van der Waals surface area contributed by atoms with Gasteiger partial charge in [-0.1, -0.05) is 11.6 Å². The van der Waals surface area contributed by atoms with Gasteiger partial charge in [0.15, 0.2) is 5.82 Å². The first kappa shape index (κ1) is 13.2. The smallest absolute Gasteiger partial charge is 0.157 e. The number of aromatic nitrogens is 2. The van der Waals surface area contributed by atoms with Crippen LogP contribution in [0.2, 0.25) is 5.15 Å². The third-order valence-corrected chi connectivity index (χ3v) is 4.35. The van der Waals surface area contributed by atoms with Crippen LogP contribution in [-0.2, 0) is 16.1 Å².